The Kier molecular flexibility index (Phi) is 13.6. The Balaban J connectivity index is 1.75. The van der Waals surface area contributed by atoms with Crippen molar-refractivity contribution in [2.24, 2.45) is 29.2 Å². The molecule has 1 aliphatic carbocycles. The Bertz CT molecular complexity index is 1210. The van der Waals surface area contributed by atoms with Crippen molar-refractivity contribution in [2.45, 2.75) is 81.7 Å². The molecule has 8 nitrogen and oxygen atoms in total. The SMILES string of the molecule is CCC1C(c2cc(SCCN)nc(NCCC(C)C)n2)C(c2ccccc2)C1c1cc(SCCN)nc(NCCC(C)C)n1. The first-order valence-electron chi connectivity index (χ1n) is 16.3. The third-order valence-corrected chi connectivity index (χ3v) is 10.1. The van der Waals surface area contributed by atoms with Crippen LogP contribution in [0.3, 0.4) is 0 Å². The third kappa shape index (κ3) is 9.31. The maximum atomic E-state index is 5.88. The Morgan fingerprint density at radius 2 is 1.18 bits per heavy atom. The van der Waals surface area contributed by atoms with E-state index in [1.54, 1.807) is 23.5 Å². The number of anilines is 2. The van der Waals surface area contributed by atoms with Crippen LogP contribution in [0.1, 0.15) is 88.6 Å². The molecule has 0 saturated heterocycles. The number of nitrogens with two attached hydrogens (primary N) is 2. The van der Waals surface area contributed by atoms with Gasteiger partial charge < -0.3 is 22.1 Å². The summed E-state index contributed by atoms with van der Waals surface area (Å²) >= 11 is 3.41. The first kappa shape index (κ1) is 34.5. The lowest BCUT2D eigenvalue weighted by molar-refractivity contribution is 0.143. The van der Waals surface area contributed by atoms with Gasteiger partial charge in [0.25, 0.3) is 0 Å². The fraction of sp³-hybridized carbons (Fsp3) is 0.588. The van der Waals surface area contributed by atoms with Gasteiger partial charge in [-0.05, 0) is 48.3 Å². The lowest BCUT2D eigenvalue weighted by Gasteiger charge is -2.52. The van der Waals surface area contributed by atoms with Crippen LogP contribution in [-0.2, 0) is 0 Å². The number of aromatic nitrogens is 4. The van der Waals surface area contributed by atoms with E-state index in [-0.39, 0.29) is 17.8 Å². The van der Waals surface area contributed by atoms with E-state index in [4.69, 9.17) is 31.4 Å². The van der Waals surface area contributed by atoms with Crippen LogP contribution in [0.15, 0.2) is 52.5 Å². The van der Waals surface area contributed by atoms with Gasteiger partial charge >= 0.3 is 0 Å². The van der Waals surface area contributed by atoms with Crippen LogP contribution in [0.4, 0.5) is 11.9 Å². The van der Waals surface area contributed by atoms with E-state index in [9.17, 15) is 0 Å². The van der Waals surface area contributed by atoms with E-state index >= 15 is 0 Å². The Morgan fingerprint density at radius 3 is 1.59 bits per heavy atom. The Labute approximate surface area is 273 Å². The van der Waals surface area contributed by atoms with E-state index in [1.807, 2.05) is 0 Å². The van der Waals surface area contributed by atoms with Crippen molar-refractivity contribution in [1.82, 2.24) is 19.9 Å². The molecule has 0 amide bonds. The normalized spacial score (nSPS) is 19.8. The highest BCUT2D eigenvalue weighted by Crippen LogP contribution is 2.63. The molecule has 2 aromatic heterocycles. The van der Waals surface area contributed by atoms with Gasteiger partial charge in [-0.3, -0.25) is 0 Å². The van der Waals surface area contributed by atoms with Gasteiger partial charge in [0, 0.05) is 55.4 Å². The van der Waals surface area contributed by atoms with Crippen LogP contribution < -0.4 is 22.1 Å². The summed E-state index contributed by atoms with van der Waals surface area (Å²) in [4.78, 5) is 20.1. The largest absolute Gasteiger partial charge is 0.354 e. The average molecular weight is 637 g/mol. The molecule has 0 aliphatic heterocycles. The molecule has 2 unspecified atom stereocenters. The molecule has 2 heterocycles. The van der Waals surface area contributed by atoms with E-state index in [2.05, 4.69) is 87.7 Å². The monoisotopic (exact) mass is 636 g/mol. The standard InChI is InChI=1S/C34H52N8S2/c1-6-25-31(26-20-28(43-18-14-35)41-33(39-26)37-16-12-22(2)3)30(24-10-8-7-9-11-24)32(25)27-21-29(44-19-15-36)42-34(40-27)38-17-13-23(4)5/h7-11,20-23,25,30-32H,6,12-19,35-36H2,1-5H3,(H,37,39,41)(H,38,40,42). The maximum Gasteiger partial charge on any atom is 0.223 e. The lowest BCUT2D eigenvalue weighted by Crippen LogP contribution is -2.42. The minimum absolute atomic E-state index is 0.234. The second kappa shape index (κ2) is 17.3. The zero-order valence-electron chi connectivity index (χ0n) is 27.1. The van der Waals surface area contributed by atoms with E-state index in [0.717, 1.165) is 65.3 Å². The molecule has 1 fully saturated rings. The highest BCUT2D eigenvalue weighted by Gasteiger charge is 2.53. The predicted octanol–water partition coefficient (Wildman–Crippen LogP) is 6.98. The molecular formula is C34H52N8S2. The zero-order valence-corrected chi connectivity index (χ0v) is 28.8. The summed E-state index contributed by atoms with van der Waals surface area (Å²) in [5, 5.41) is 9.01. The van der Waals surface area contributed by atoms with Gasteiger partial charge in [0.1, 0.15) is 10.1 Å². The summed E-state index contributed by atoms with van der Waals surface area (Å²) in [6, 6.07) is 15.3. The number of nitrogens with zero attached hydrogens (tertiary/aromatic N) is 4. The molecule has 1 aliphatic rings. The third-order valence-electron chi connectivity index (χ3n) is 8.23. The number of nitrogens with one attached hydrogen (secondary N) is 2. The Hall–Kier alpha value is -2.40. The van der Waals surface area contributed by atoms with Crippen LogP contribution in [0, 0.1) is 17.8 Å². The summed E-state index contributed by atoms with van der Waals surface area (Å²) in [6.45, 7) is 14.2. The van der Waals surface area contributed by atoms with Gasteiger partial charge in [-0.15, -0.1) is 23.5 Å². The smallest absolute Gasteiger partial charge is 0.223 e. The first-order valence-corrected chi connectivity index (χ1v) is 18.3. The minimum Gasteiger partial charge on any atom is -0.354 e. The fourth-order valence-corrected chi connectivity index (χ4v) is 7.41. The van der Waals surface area contributed by atoms with Crippen LogP contribution in [-0.4, -0.2) is 57.6 Å². The van der Waals surface area contributed by atoms with Crippen molar-refractivity contribution >= 4 is 35.4 Å². The number of hydrogen-bond acceptors (Lipinski definition) is 10. The molecule has 2 atom stereocenters. The topological polar surface area (TPSA) is 128 Å². The molecule has 0 bridgehead atoms. The predicted molar refractivity (Wildman–Crippen MR) is 188 cm³/mol. The van der Waals surface area contributed by atoms with E-state index in [0.29, 0.717) is 42.7 Å². The van der Waals surface area contributed by atoms with Crippen molar-refractivity contribution < 1.29 is 0 Å². The quantitative estimate of drug-likeness (QED) is 0.0858. The van der Waals surface area contributed by atoms with Gasteiger partial charge in [0.05, 0.1) is 11.4 Å². The molecule has 3 aromatic rings. The lowest BCUT2D eigenvalue weighted by atomic mass is 9.51. The average Bonchev–Trinajstić information content (AvgIpc) is 2.99. The summed E-state index contributed by atoms with van der Waals surface area (Å²) in [7, 11) is 0. The van der Waals surface area contributed by atoms with Gasteiger partial charge in [-0.2, -0.15) is 0 Å². The summed E-state index contributed by atoms with van der Waals surface area (Å²) in [6.07, 6.45) is 3.16. The van der Waals surface area contributed by atoms with Crippen LogP contribution in [0.25, 0.3) is 0 Å². The van der Waals surface area contributed by atoms with Gasteiger partial charge in [0.15, 0.2) is 0 Å². The van der Waals surface area contributed by atoms with Crippen molar-refractivity contribution in [3.05, 3.63) is 59.4 Å². The van der Waals surface area contributed by atoms with Crippen molar-refractivity contribution in [3.8, 4) is 0 Å². The van der Waals surface area contributed by atoms with Crippen molar-refractivity contribution in [2.75, 3.05) is 48.3 Å². The summed E-state index contributed by atoms with van der Waals surface area (Å²) in [5.41, 5.74) is 15.3. The van der Waals surface area contributed by atoms with Gasteiger partial charge in [-0.1, -0.05) is 71.4 Å². The van der Waals surface area contributed by atoms with Gasteiger partial charge in [0.2, 0.25) is 11.9 Å². The molecule has 1 aromatic carbocycles. The number of benzene rings is 1. The summed E-state index contributed by atoms with van der Waals surface area (Å²) < 4.78 is 0. The highest BCUT2D eigenvalue weighted by atomic mass is 32.2. The second-order valence-electron chi connectivity index (χ2n) is 12.5. The highest BCUT2D eigenvalue weighted by molar-refractivity contribution is 7.99. The number of rotatable bonds is 18. The van der Waals surface area contributed by atoms with Crippen LogP contribution in [0.2, 0.25) is 0 Å². The van der Waals surface area contributed by atoms with E-state index < -0.39 is 0 Å². The van der Waals surface area contributed by atoms with E-state index in [1.165, 1.54) is 5.56 Å². The van der Waals surface area contributed by atoms with Crippen molar-refractivity contribution in [1.29, 1.82) is 0 Å². The van der Waals surface area contributed by atoms with Gasteiger partial charge in [-0.25, -0.2) is 19.9 Å². The number of thioether (sulfide) groups is 2. The maximum absolute atomic E-state index is 5.88. The minimum atomic E-state index is 0.234. The Morgan fingerprint density at radius 1 is 0.705 bits per heavy atom. The van der Waals surface area contributed by atoms with Crippen LogP contribution >= 0.6 is 23.5 Å². The molecule has 240 valence electrons. The molecule has 0 spiro atoms. The second-order valence-corrected chi connectivity index (χ2v) is 14.7. The van der Waals surface area contributed by atoms with Crippen LogP contribution in [0.5, 0.6) is 0 Å². The molecule has 1 saturated carbocycles. The molecule has 0 radical (unpaired) electrons. The summed E-state index contributed by atoms with van der Waals surface area (Å²) in [5.74, 6) is 5.39. The zero-order chi connectivity index (χ0) is 31.5. The molecular weight excluding hydrogens is 585 g/mol. The fourth-order valence-electron chi connectivity index (χ4n) is 6.04. The number of hydrogen-bond donors (Lipinski definition) is 4. The molecule has 10 heteroatoms. The molecule has 4 rings (SSSR count). The first-order chi connectivity index (χ1) is 21.3. The van der Waals surface area contributed by atoms with Crippen molar-refractivity contribution in [3.63, 3.8) is 0 Å². The molecule has 6 N–H and O–H groups in total. The molecule has 44 heavy (non-hydrogen) atoms.